The Morgan fingerprint density at radius 3 is 2.83 bits per heavy atom. The predicted octanol–water partition coefficient (Wildman–Crippen LogP) is 1.34. The van der Waals surface area contributed by atoms with E-state index < -0.39 is 11.1 Å². The van der Waals surface area contributed by atoms with Gasteiger partial charge in [0, 0.05) is 13.7 Å². The van der Waals surface area contributed by atoms with Gasteiger partial charge in [0.2, 0.25) is 5.91 Å². The third-order valence-corrected chi connectivity index (χ3v) is 2.81. The summed E-state index contributed by atoms with van der Waals surface area (Å²) >= 11 is 0.458. The maximum absolute atomic E-state index is 12.3. The molecular weight excluding hydrogens is 271 g/mol. The van der Waals surface area contributed by atoms with Crippen LogP contribution in [0.15, 0.2) is 6.20 Å². The average molecular weight is 283 g/mol. The molecule has 0 spiro atoms. The van der Waals surface area contributed by atoms with E-state index >= 15 is 0 Å². The van der Waals surface area contributed by atoms with E-state index in [0.29, 0.717) is 24.5 Å². The lowest BCUT2D eigenvalue weighted by atomic mass is 10.5. The minimum Gasteiger partial charge on any atom is -0.383 e. The van der Waals surface area contributed by atoms with E-state index in [9.17, 15) is 18.0 Å². The Labute approximate surface area is 105 Å². The Bertz CT molecular complexity index is 395. The zero-order valence-electron chi connectivity index (χ0n) is 9.50. The first-order valence-corrected chi connectivity index (χ1v) is 5.77. The number of aromatic nitrogens is 1. The summed E-state index contributed by atoms with van der Waals surface area (Å²) in [6, 6.07) is 0. The Balaban J connectivity index is 2.35. The number of anilines is 1. The van der Waals surface area contributed by atoms with E-state index in [0.717, 1.165) is 6.20 Å². The molecule has 0 aliphatic rings. The normalized spacial score (nSPS) is 11.3. The van der Waals surface area contributed by atoms with E-state index in [1.165, 1.54) is 7.11 Å². The average Bonchev–Trinajstić information content (AvgIpc) is 2.75. The summed E-state index contributed by atoms with van der Waals surface area (Å²) in [5, 5.41) is 5.10. The Morgan fingerprint density at radius 1 is 1.56 bits per heavy atom. The number of hydrogen-bond donors (Lipinski definition) is 2. The van der Waals surface area contributed by atoms with Crippen LogP contribution in [0.1, 0.15) is 4.88 Å². The lowest BCUT2D eigenvalue weighted by Gasteiger charge is -2.04. The van der Waals surface area contributed by atoms with Crippen molar-refractivity contribution >= 4 is 22.4 Å². The molecule has 102 valence electrons. The zero-order valence-corrected chi connectivity index (χ0v) is 10.3. The second-order valence-corrected chi connectivity index (χ2v) is 4.25. The van der Waals surface area contributed by atoms with Gasteiger partial charge in [-0.05, 0) is 0 Å². The second-order valence-electron chi connectivity index (χ2n) is 3.22. The van der Waals surface area contributed by atoms with Gasteiger partial charge in [0.25, 0.3) is 0 Å². The summed E-state index contributed by atoms with van der Waals surface area (Å²) in [5.74, 6) is -0.337. The fraction of sp³-hybridized carbons (Fsp3) is 0.556. The molecule has 1 aromatic heterocycles. The molecule has 1 aromatic rings. The Hall–Kier alpha value is -1.35. The first-order valence-electron chi connectivity index (χ1n) is 4.96. The molecule has 1 rings (SSSR count). The molecule has 18 heavy (non-hydrogen) atoms. The molecule has 1 amide bonds. The minimum atomic E-state index is -4.40. The highest BCUT2D eigenvalue weighted by atomic mass is 32.1. The molecule has 0 atom stereocenters. The van der Waals surface area contributed by atoms with Gasteiger partial charge < -0.3 is 15.4 Å². The number of nitrogens with one attached hydrogen (secondary N) is 2. The number of halogens is 3. The lowest BCUT2D eigenvalue weighted by molar-refractivity contribution is -0.134. The van der Waals surface area contributed by atoms with Crippen LogP contribution >= 0.6 is 11.3 Å². The summed E-state index contributed by atoms with van der Waals surface area (Å²) < 4.78 is 41.5. The van der Waals surface area contributed by atoms with Crippen molar-refractivity contribution in [2.24, 2.45) is 0 Å². The molecule has 0 saturated carbocycles. The van der Waals surface area contributed by atoms with E-state index in [2.05, 4.69) is 15.6 Å². The Kier molecular flexibility index (Phi) is 5.35. The van der Waals surface area contributed by atoms with Gasteiger partial charge in [-0.2, -0.15) is 13.2 Å². The molecule has 0 aromatic carbocycles. The fourth-order valence-corrected chi connectivity index (χ4v) is 1.68. The molecule has 0 aliphatic heterocycles. The van der Waals surface area contributed by atoms with Crippen LogP contribution in [0, 0.1) is 0 Å². The molecular formula is C9H12F3N3O2S. The molecule has 0 unspecified atom stereocenters. The zero-order chi connectivity index (χ0) is 13.6. The van der Waals surface area contributed by atoms with Crippen molar-refractivity contribution in [1.29, 1.82) is 0 Å². The monoisotopic (exact) mass is 283 g/mol. The van der Waals surface area contributed by atoms with E-state index in [4.69, 9.17) is 4.74 Å². The molecule has 2 N–H and O–H groups in total. The van der Waals surface area contributed by atoms with Crippen LogP contribution in [0.5, 0.6) is 0 Å². The highest BCUT2D eigenvalue weighted by molar-refractivity contribution is 7.15. The van der Waals surface area contributed by atoms with E-state index in [-0.39, 0.29) is 17.6 Å². The standard InChI is InChI=1S/C9H12F3N3O2S/c1-17-3-2-13-7(16)5-15-8-14-4-6(18-8)9(10,11)12/h4H,2-3,5H2,1H3,(H,13,16)(H,14,15). The summed E-state index contributed by atoms with van der Waals surface area (Å²) in [7, 11) is 1.50. The van der Waals surface area contributed by atoms with Gasteiger partial charge >= 0.3 is 6.18 Å². The van der Waals surface area contributed by atoms with Crippen LogP contribution in [0.3, 0.4) is 0 Å². The van der Waals surface area contributed by atoms with Crippen molar-refractivity contribution in [3.05, 3.63) is 11.1 Å². The van der Waals surface area contributed by atoms with Crippen LogP contribution in [0.4, 0.5) is 18.3 Å². The molecule has 9 heteroatoms. The quantitative estimate of drug-likeness (QED) is 0.773. The maximum atomic E-state index is 12.3. The van der Waals surface area contributed by atoms with Crippen LogP contribution in [0.2, 0.25) is 0 Å². The SMILES string of the molecule is COCCNC(=O)CNc1ncc(C(F)(F)F)s1. The largest absolute Gasteiger partial charge is 0.427 e. The summed E-state index contributed by atoms with van der Waals surface area (Å²) in [5.41, 5.74) is 0. The van der Waals surface area contributed by atoms with Gasteiger partial charge in [0.15, 0.2) is 5.13 Å². The van der Waals surface area contributed by atoms with Gasteiger partial charge in [0.1, 0.15) is 4.88 Å². The van der Waals surface area contributed by atoms with Crippen molar-refractivity contribution in [1.82, 2.24) is 10.3 Å². The number of carbonyl (C=O) groups is 1. The number of amides is 1. The van der Waals surface area contributed by atoms with Gasteiger partial charge in [-0.15, -0.1) is 0 Å². The van der Waals surface area contributed by atoms with Crippen LogP contribution < -0.4 is 10.6 Å². The van der Waals surface area contributed by atoms with Crippen LogP contribution in [-0.4, -0.2) is 37.7 Å². The molecule has 0 fully saturated rings. The number of carbonyl (C=O) groups excluding carboxylic acids is 1. The number of thiazole rings is 1. The first kappa shape index (κ1) is 14.7. The number of ether oxygens (including phenoxy) is 1. The summed E-state index contributed by atoms with van der Waals surface area (Å²) in [6.45, 7) is 0.596. The van der Waals surface area contributed by atoms with Gasteiger partial charge in [-0.1, -0.05) is 11.3 Å². The Morgan fingerprint density at radius 2 is 2.28 bits per heavy atom. The second kappa shape index (κ2) is 6.55. The van der Waals surface area contributed by atoms with Crippen molar-refractivity contribution in [3.63, 3.8) is 0 Å². The number of hydrogen-bond acceptors (Lipinski definition) is 5. The van der Waals surface area contributed by atoms with Gasteiger partial charge in [-0.3, -0.25) is 4.79 Å². The number of alkyl halides is 3. The molecule has 0 saturated heterocycles. The van der Waals surface area contributed by atoms with E-state index in [1.807, 2.05) is 0 Å². The first-order chi connectivity index (χ1) is 8.43. The van der Waals surface area contributed by atoms with E-state index in [1.54, 1.807) is 0 Å². The molecule has 0 bridgehead atoms. The highest BCUT2D eigenvalue weighted by Gasteiger charge is 2.33. The molecule has 0 aliphatic carbocycles. The minimum absolute atomic E-state index is 0.0595. The topological polar surface area (TPSA) is 63.2 Å². The van der Waals surface area contributed by atoms with Crippen molar-refractivity contribution in [2.45, 2.75) is 6.18 Å². The van der Waals surface area contributed by atoms with Crippen LogP contribution in [0.25, 0.3) is 0 Å². The highest BCUT2D eigenvalue weighted by Crippen LogP contribution is 2.34. The number of nitrogens with zero attached hydrogens (tertiary/aromatic N) is 1. The fourth-order valence-electron chi connectivity index (χ4n) is 0.998. The lowest BCUT2D eigenvalue weighted by Crippen LogP contribution is -2.32. The van der Waals surface area contributed by atoms with Crippen LogP contribution in [-0.2, 0) is 15.7 Å². The third kappa shape index (κ3) is 4.88. The number of rotatable bonds is 6. The third-order valence-electron chi connectivity index (χ3n) is 1.81. The van der Waals surface area contributed by atoms with Crippen molar-refractivity contribution in [2.75, 3.05) is 32.1 Å². The van der Waals surface area contributed by atoms with Crippen molar-refractivity contribution < 1.29 is 22.7 Å². The number of methoxy groups -OCH3 is 1. The van der Waals surface area contributed by atoms with Gasteiger partial charge in [0.05, 0.1) is 19.3 Å². The molecule has 5 nitrogen and oxygen atoms in total. The smallest absolute Gasteiger partial charge is 0.383 e. The molecule has 1 heterocycles. The summed E-state index contributed by atoms with van der Waals surface area (Å²) in [4.78, 5) is 14.0. The summed E-state index contributed by atoms with van der Waals surface area (Å²) in [6.07, 6.45) is -3.67. The predicted molar refractivity (Wildman–Crippen MR) is 60.5 cm³/mol. The van der Waals surface area contributed by atoms with Gasteiger partial charge in [-0.25, -0.2) is 4.98 Å². The van der Waals surface area contributed by atoms with Crippen molar-refractivity contribution in [3.8, 4) is 0 Å². The molecule has 0 radical (unpaired) electrons. The maximum Gasteiger partial charge on any atom is 0.427 e.